The van der Waals surface area contributed by atoms with Crippen LogP contribution >= 0.6 is 0 Å². The van der Waals surface area contributed by atoms with E-state index in [-0.39, 0.29) is 17.5 Å². The van der Waals surface area contributed by atoms with E-state index in [1.165, 1.54) is 6.92 Å². The van der Waals surface area contributed by atoms with E-state index in [2.05, 4.69) is 15.5 Å². The Balaban J connectivity index is 1.42. The molecule has 2 atom stereocenters. The molecule has 0 unspecified atom stereocenters. The Kier molecular flexibility index (Phi) is 5.11. The lowest BCUT2D eigenvalue weighted by Crippen LogP contribution is -2.43. The molecule has 8 heteroatoms. The Morgan fingerprint density at radius 2 is 2.03 bits per heavy atom. The van der Waals surface area contributed by atoms with Gasteiger partial charge in [0, 0.05) is 12.2 Å². The number of nitrogens with zero attached hydrogens (tertiary/aromatic N) is 2. The molecule has 0 aromatic heterocycles. The Bertz CT molecular complexity index is 1060. The Labute approximate surface area is 173 Å². The van der Waals surface area contributed by atoms with Crippen LogP contribution in [0.2, 0.25) is 0 Å². The molecule has 2 heterocycles. The van der Waals surface area contributed by atoms with Crippen LogP contribution in [-0.2, 0) is 14.3 Å². The van der Waals surface area contributed by atoms with E-state index in [1.54, 1.807) is 42.5 Å². The first kappa shape index (κ1) is 19.5. The Hall–Kier alpha value is -3.86. The molecule has 1 fully saturated rings. The van der Waals surface area contributed by atoms with Gasteiger partial charge in [-0.15, -0.1) is 0 Å². The normalized spacial score (nSPS) is 17.8. The van der Waals surface area contributed by atoms with Crippen molar-refractivity contribution in [1.29, 1.82) is 5.26 Å². The van der Waals surface area contributed by atoms with Gasteiger partial charge in [-0.25, -0.2) is 4.79 Å². The minimum absolute atomic E-state index is 0.0688. The van der Waals surface area contributed by atoms with Gasteiger partial charge in [0.2, 0.25) is 5.91 Å². The van der Waals surface area contributed by atoms with Crippen molar-refractivity contribution in [1.82, 2.24) is 0 Å². The Morgan fingerprint density at radius 3 is 2.77 bits per heavy atom. The van der Waals surface area contributed by atoms with Crippen LogP contribution < -0.4 is 15.5 Å². The van der Waals surface area contributed by atoms with E-state index in [9.17, 15) is 14.4 Å². The van der Waals surface area contributed by atoms with Gasteiger partial charge in [-0.1, -0.05) is 0 Å². The summed E-state index contributed by atoms with van der Waals surface area (Å²) in [7, 11) is 0. The van der Waals surface area contributed by atoms with Crippen LogP contribution in [0.4, 0.5) is 17.1 Å². The van der Waals surface area contributed by atoms with Gasteiger partial charge >= 0.3 is 5.97 Å². The topological polar surface area (TPSA) is 112 Å². The highest BCUT2D eigenvalue weighted by atomic mass is 16.5. The molecule has 2 N–H and O–H groups in total. The van der Waals surface area contributed by atoms with E-state index in [1.807, 2.05) is 6.07 Å². The highest BCUT2D eigenvalue weighted by Crippen LogP contribution is 2.37. The lowest BCUT2D eigenvalue weighted by atomic mass is 10.1. The molecule has 0 spiro atoms. The highest BCUT2D eigenvalue weighted by Gasteiger charge is 2.36. The summed E-state index contributed by atoms with van der Waals surface area (Å²) in [5.41, 5.74) is 2.69. The van der Waals surface area contributed by atoms with Gasteiger partial charge in [0.05, 0.1) is 28.6 Å². The molecule has 0 saturated carbocycles. The predicted octanol–water partition coefficient (Wildman–Crippen LogP) is 2.66. The maximum Gasteiger partial charge on any atom is 0.338 e. The molecule has 152 valence electrons. The number of hydrogen-bond acceptors (Lipinski definition) is 6. The zero-order chi connectivity index (χ0) is 21.3. The summed E-state index contributed by atoms with van der Waals surface area (Å²) in [6.07, 6.45) is 0.746. The third-order valence-electron chi connectivity index (χ3n) is 5.29. The number of carbonyl (C=O) groups excluding carboxylic acids is 3. The van der Waals surface area contributed by atoms with Gasteiger partial charge in [0.15, 0.2) is 6.10 Å². The molecule has 2 aliphatic rings. The maximum atomic E-state index is 12.5. The van der Waals surface area contributed by atoms with Gasteiger partial charge in [-0.05, 0) is 62.2 Å². The van der Waals surface area contributed by atoms with E-state index in [0.29, 0.717) is 16.9 Å². The number of carbonyl (C=O) groups is 3. The van der Waals surface area contributed by atoms with E-state index in [0.717, 1.165) is 25.1 Å². The second-order valence-electron chi connectivity index (χ2n) is 7.30. The molecule has 2 aromatic rings. The largest absolute Gasteiger partial charge is 0.449 e. The number of amides is 2. The summed E-state index contributed by atoms with van der Waals surface area (Å²) in [5, 5.41) is 14.3. The fraction of sp³-hybridized carbons (Fsp3) is 0.273. The molecular weight excluding hydrogens is 384 g/mol. The van der Waals surface area contributed by atoms with Crippen molar-refractivity contribution in [2.24, 2.45) is 0 Å². The van der Waals surface area contributed by atoms with Crippen molar-refractivity contribution in [2.75, 3.05) is 22.1 Å². The monoisotopic (exact) mass is 404 g/mol. The molecule has 0 radical (unpaired) electrons. The molecule has 4 rings (SSSR count). The van der Waals surface area contributed by atoms with Crippen molar-refractivity contribution >= 4 is 34.8 Å². The summed E-state index contributed by atoms with van der Waals surface area (Å²) >= 11 is 0. The molecule has 0 bridgehead atoms. The predicted molar refractivity (Wildman–Crippen MR) is 110 cm³/mol. The van der Waals surface area contributed by atoms with E-state index in [4.69, 9.17) is 10.00 Å². The van der Waals surface area contributed by atoms with Crippen molar-refractivity contribution in [2.45, 2.75) is 31.9 Å². The average molecular weight is 404 g/mol. The number of ether oxygens (including phenoxy) is 1. The molecule has 2 aromatic carbocycles. The summed E-state index contributed by atoms with van der Waals surface area (Å²) < 4.78 is 5.29. The zero-order valence-electron chi connectivity index (χ0n) is 16.3. The lowest BCUT2D eigenvalue weighted by Gasteiger charge is -2.33. The van der Waals surface area contributed by atoms with Crippen molar-refractivity contribution < 1.29 is 19.1 Å². The number of anilines is 3. The minimum atomic E-state index is -1.03. The van der Waals surface area contributed by atoms with Crippen LogP contribution in [0.5, 0.6) is 0 Å². The quantitative estimate of drug-likeness (QED) is 0.758. The molecule has 2 aliphatic heterocycles. The maximum absolute atomic E-state index is 12.5. The third-order valence-corrected chi connectivity index (χ3v) is 5.29. The molecule has 2 amide bonds. The van der Waals surface area contributed by atoms with E-state index < -0.39 is 18.0 Å². The van der Waals surface area contributed by atoms with Crippen molar-refractivity contribution in [3.8, 4) is 6.07 Å². The number of rotatable bonds is 4. The second-order valence-corrected chi connectivity index (χ2v) is 7.30. The van der Waals surface area contributed by atoms with Gasteiger partial charge in [-0.2, -0.15) is 5.26 Å². The number of fused-ring (bicyclic) bond motifs is 3. The fourth-order valence-corrected chi connectivity index (χ4v) is 3.71. The molecular formula is C22H20N4O4. The number of nitriles is 1. The fourth-order valence-electron chi connectivity index (χ4n) is 3.71. The zero-order valence-corrected chi connectivity index (χ0v) is 16.3. The van der Waals surface area contributed by atoms with Crippen LogP contribution in [0.3, 0.4) is 0 Å². The van der Waals surface area contributed by atoms with Crippen LogP contribution in [0.1, 0.15) is 35.7 Å². The summed E-state index contributed by atoms with van der Waals surface area (Å²) in [6, 6.07) is 13.2. The van der Waals surface area contributed by atoms with Crippen LogP contribution in [-0.4, -0.2) is 36.5 Å². The van der Waals surface area contributed by atoms with Gasteiger partial charge in [0.1, 0.15) is 6.04 Å². The number of esters is 1. The standard InChI is InChI=1S/C22H20N4O4/c1-13(20(27)24-16-7-4-14(12-23)5-8-16)30-22(29)15-6-9-18-17(11-15)25-21(28)19-3-2-10-26(18)19/h4-9,11,13,19H,2-3,10H2,1H3,(H,24,27)(H,25,28)/t13-,19+/m1/s1. The Morgan fingerprint density at radius 1 is 1.27 bits per heavy atom. The first-order chi connectivity index (χ1) is 14.5. The molecule has 0 aliphatic carbocycles. The number of hydrogen-bond donors (Lipinski definition) is 2. The first-order valence-electron chi connectivity index (χ1n) is 9.70. The van der Waals surface area contributed by atoms with E-state index >= 15 is 0 Å². The number of nitrogens with one attached hydrogen (secondary N) is 2. The van der Waals surface area contributed by atoms with Gasteiger partial charge in [-0.3, -0.25) is 9.59 Å². The number of benzene rings is 2. The van der Waals surface area contributed by atoms with Crippen LogP contribution in [0.25, 0.3) is 0 Å². The summed E-state index contributed by atoms with van der Waals surface area (Å²) in [6.45, 7) is 2.29. The molecule has 30 heavy (non-hydrogen) atoms. The second kappa shape index (κ2) is 7.87. The summed E-state index contributed by atoms with van der Waals surface area (Å²) in [5.74, 6) is -1.21. The van der Waals surface area contributed by atoms with Gasteiger partial charge < -0.3 is 20.3 Å². The van der Waals surface area contributed by atoms with Crippen molar-refractivity contribution in [3.05, 3.63) is 53.6 Å². The minimum Gasteiger partial charge on any atom is -0.449 e. The van der Waals surface area contributed by atoms with Crippen LogP contribution in [0, 0.1) is 11.3 Å². The van der Waals surface area contributed by atoms with Gasteiger partial charge in [0.25, 0.3) is 5.91 Å². The summed E-state index contributed by atoms with van der Waals surface area (Å²) in [4.78, 5) is 39.2. The lowest BCUT2D eigenvalue weighted by molar-refractivity contribution is -0.123. The van der Waals surface area contributed by atoms with Crippen LogP contribution in [0.15, 0.2) is 42.5 Å². The average Bonchev–Trinajstić information content (AvgIpc) is 3.24. The molecule has 8 nitrogen and oxygen atoms in total. The highest BCUT2D eigenvalue weighted by molar-refractivity contribution is 6.05. The smallest absolute Gasteiger partial charge is 0.338 e. The van der Waals surface area contributed by atoms with Crippen molar-refractivity contribution in [3.63, 3.8) is 0 Å². The SMILES string of the molecule is C[C@@H](OC(=O)c1ccc2c(c1)NC(=O)[C@@H]1CCCN21)C(=O)Nc1ccc(C#N)cc1. The third kappa shape index (κ3) is 3.70. The first-order valence-corrected chi connectivity index (χ1v) is 9.70. The molecule has 1 saturated heterocycles.